The van der Waals surface area contributed by atoms with E-state index < -0.39 is 16.9 Å². The van der Waals surface area contributed by atoms with Crippen molar-refractivity contribution in [1.82, 2.24) is 0 Å². The van der Waals surface area contributed by atoms with E-state index >= 15 is 0 Å². The first-order valence-corrected chi connectivity index (χ1v) is 4.83. The zero-order valence-electron chi connectivity index (χ0n) is 9.47. The third-order valence-electron chi connectivity index (χ3n) is 2.15. The molecule has 7 nitrogen and oxygen atoms in total. The van der Waals surface area contributed by atoms with Gasteiger partial charge in [-0.15, -0.1) is 0 Å². The predicted octanol–water partition coefficient (Wildman–Crippen LogP) is 0.889. The summed E-state index contributed by atoms with van der Waals surface area (Å²) in [7, 11) is 1.40. The molecule has 3 N–H and O–H groups in total. The Labute approximate surface area is 97.7 Å². The van der Waals surface area contributed by atoms with Crippen LogP contribution in [0.4, 0.5) is 11.4 Å². The van der Waals surface area contributed by atoms with E-state index in [0.29, 0.717) is 11.4 Å². The summed E-state index contributed by atoms with van der Waals surface area (Å²) >= 11 is 0. The molecule has 1 amide bonds. The highest BCUT2D eigenvalue weighted by Crippen LogP contribution is 2.26. The summed E-state index contributed by atoms with van der Waals surface area (Å²) in [6, 6.07) is 3.52. The molecule has 0 aromatic heterocycles. The fourth-order valence-corrected chi connectivity index (χ4v) is 1.21. The zero-order valence-corrected chi connectivity index (χ0v) is 9.47. The number of nitrogens with two attached hydrogens (primary N) is 1. The Morgan fingerprint density at radius 3 is 2.65 bits per heavy atom. The number of rotatable bonds is 5. The topological polar surface area (TPSA) is 107 Å². The highest BCUT2D eigenvalue weighted by Gasteiger charge is 2.13. The lowest BCUT2D eigenvalue weighted by molar-refractivity contribution is -0.384. The van der Waals surface area contributed by atoms with Gasteiger partial charge in [0.1, 0.15) is 11.8 Å². The van der Waals surface area contributed by atoms with Crippen LogP contribution in [0.5, 0.6) is 5.75 Å². The Kier molecular flexibility index (Phi) is 3.86. The second kappa shape index (κ2) is 5.15. The van der Waals surface area contributed by atoms with Gasteiger partial charge in [-0.3, -0.25) is 14.9 Å². The first-order valence-electron chi connectivity index (χ1n) is 4.83. The van der Waals surface area contributed by atoms with Crippen molar-refractivity contribution in [2.24, 2.45) is 5.73 Å². The highest BCUT2D eigenvalue weighted by molar-refractivity contribution is 5.82. The molecule has 0 spiro atoms. The van der Waals surface area contributed by atoms with Crippen LogP contribution in [-0.4, -0.2) is 24.0 Å². The Hall–Kier alpha value is -2.31. The van der Waals surface area contributed by atoms with E-state index in [9.17, 15) is 14.9 Å². The minimum Gasteiger partial charge on any atom is -0.496 e. The molecule has 0 aliphatic heterocycles. The minimum atomic E-state index is -0.623. The van der Waals surface area contributed by atoms with E-state index in [0.717, 1.165) is 0 Å². The van der Waals surface area contributed by atoms with Gasteiger partial charge in [0.05, 0.1) is 18.1 Å². The van der Waals surface area contributed by atoms with Crippen LogP contribution in [-0.2, 0) is 4.79 Å². The average molecular weight is 239 g/mol. The van der Waals surface area contributed by atoms with E-state index in [1.807, 2.05) is 0 Å². The normalized spacial score (nSPS) is 11.6. The van der Waals surface area contributed by atoms with Crippen molar-refractivity contribution < 1.29 is 14.5 Å². The fourth-order valence-electron chi connectivity index (χ4n) is 1.21. The maximum atomic E-state index is 10.9. The van der Waals surface area contributed by atoms with Gasteiger partial charge in [0.2, 0.25) is 5.91 Å². The van der Waals surface area contributed by atoms with Gasteiger partial charge >= 0.3 is 0 Å². The van der Waals surface area contributed by atoms with E-state index in [2.05, 4.69) is 5.32 Å². The zero-order chi connectivity index (χ0) is 13.0. The molecular formula is C10H13N3O4. The second-order valence-corrected chi connectivity index (χ2v) is 3.45. The second-order valence-electron chi connectivity index (χ2n) is 3.45. The monoisotopic (exact) mass is 239 g/mol. The molecule has 0 aliphatic carbocycles. The van der Waals surface area contributed by atoms with Gasteiger partial charge in [-0.25, -0.2) is 0 Å². The molecule has 1 aromatic rings. The highest BCUT2D eigenvalue weighted by atomic mass is 16.6. The summed E-state index contributed by atoms with van der Waals surface area (Å²) < 4.78 is 4.93. The molecule has 0 heterocycles. The molecule has 1 unspecified atom stereocenters. The SMILES string of the molecule is COc1cc(NC(C)C(N)=O)cc([N+](=O)[O-])c1. The largest absolute Gasteiger partial charge is 0.496 e. The molecule has 17 heavy (non-hydrogen) atoms. The van der Waals surface area contributed by atoms with Crippen LogP contribution in [0.2, 0.25) is 0 Å². The van der Waals surface area contributed by atoms with Crippen molar-refractivity contribution in [3.63, 3.8) is 0 Å². The number of hydrogen-bond acceptors (Lipinski definition) is 5. The number of anilines is 1. The molecule has 0 saturated carbocycles. The molecule has 1 aromatic carbocycles. The molecule has 7 heteroatoms. The molecule has 0 aliphatic rings. The number of carbonyl (C=O) groups is 1. The van der Waals surface area contributed by atoms with Gasteiger partial charge in [0.25, 0.3) is 5.69 Å². The molecule has 0 bridgehead atoms. The third-order valence-corrected chi connectivity index (χ3v) is 2.15. The lowest BCUT2D eigenvalue weighted by Gasteiger charge is -2.12. The maximum Gasteiger partial charge on any atom is 0.275 e. The average Bonchev–Trinajstić information content (AvgIpc) is 2.28. The Bertz CT molecular complexity index is 447. The van der Waals surface area contributed by atoms with Gasteiger partial charge < -0.3 is 15.8 Å². The van der Waals surface area contributed by atoms with Crippen molar-refractivity contribution in [2.75, 3.05) is 12.4 Å². The van der Waals surface area contributed by atoms with Crippen molar-refractivity contribution in [3.05, 3.63) is 28.3 Å². The Morgan fingerprint density at radius 1 is 1.53 bits per heavy atom. The molecular weight excluding hydrogens is 226 g/mol. The molecule has 92 valence electrons. The lowest BCUT2D eigenvalue weighted by atomic mass is 10.2. The van der Waals surface area contributed by atoms with E-state index in [1.54, 1.807) is 13.0 Å². The van der Waals surface area contributed by atoms with Crippen molar-refractivity contribution >= 4 is 17.3 Å². The van der Waals surface area contributed by atoms with Gasteiger partial charge in [-0.05, 0) is 6.92 Å². The van der Waals surface area contributed by atoms with Crippen molar-refractivity contribution in [2.45, 2.75) is 13.0 Å². The number of hydrogen-bond donors (Lipinski definition) is 2. The van der Waals surface area contributed by atoms with Crippen molar-refractivity contribution in [1.29, 1.82) is 0 Å². The number of nitro benzene ring substituents is 1. The van der Waals surface area contributed by atoms with Crippen LogP contribution in [0.1, 0.15) is 6.92 Å². The number of nitrogens with zero attached hydrogens (tertiary/aromatic N) is 1. The van der Waals surface area contributed by atoms with Gasteiger partial charge in [0, 0.05) is 17.8 Å². The molecule has 0 saturated heterocycles. The smallest absolute Gasteiger partial charge is 0.275 e. The lowest BCUT2D eigenvalue weighted by Crippen LogP contribution is -2.32. The van der Waals surface area contributed by atoms with Gasteiger partial charge in [0.15, 0.2) is 0 Å². The number of nitro groups is 1. The van der Waals surface area contributed by atoms with Crippen LogP contribution in [0, 0.1) is 10.1 Å². The molecule has 1 atom stereocenters. The van der Waals surface area contributed by atoms with Crippen LogP contribution >= 0.6 is 0 Å². The number of carbonyl (C=O) groups excluding carboxylic acids is 1. The van der Waals surface area contributed by atoms with Crippen LogP contribution in [0.25, 0.3) is 0 Å². The minimum absolute atomic E-state index is 0.122. The predicted molar refractivity (Wildman–Crippen MR) is 61.9 cm³/mol. The van der Waals surface area contributed by atoms with E-state index in [1.165, 1.54) is 19.2 Å². The van der Waals surface area contributed by atoms with Gasteiger partial charge in [-0.2, -0.15) is 0 Å². The number of methoxy groups -OCH3 is 1. The number of primary amides is 1. The van der Waals surface area contributed by atoms with Crippen LogP contribution < -0.4 is 15.8 Å². The van der Waals surface area contributed by atoms with Crippen LogP contribution in [0.15, 0.2) is 18.2 Å². The molecule has 0 radical (unpaired) electrons. The molecule has 0 fully saturated rings. The quantitative estimate of drug-likeness (QED) is 0.586. The summed E-state index contributed by atoms with van der Waals surface area (Å²) in [6.45, 7) is 1.56. The summed E-state index contributed by atoms with van der Waals surface area (Å²) in [4.78, 5) is 21.0. The number of non-ortho nitro benzene ring substituents is 1. The summed E-state index contributed by atoms with van der Waals surface area (Å²) in [5.74, 6) is -0.214. The first kappa shape index (κ1) is 12.8. The van der Waals surface area contributed by atoms with E-state index in [-0.39, 0.29) is 5.69 Å². The van der Waals surface area contributed by atoms with Crippen LogP contribution in [0.3, 0.4) is 0 Å². The fraction of sp³-hybridized carbons (Fsp3) is 0.300. The summed E-state index contributed by atoms with van der Waals surface area (Å²) in [6.07, 6.45) is 0. The Morgan fingerprint density at radius 2 is 2.18 bits per heavy atom. The summed E-state index contributed by atoms with van der Waals surface area (Å²) in [5.41, 5.74) is 5.37. The number of amides is 1. The maximum absolute atomic E-state index is 10.9. The van der Waals surface area contributed by atoms with Crippen molar-refractivity contribution in [3.8, 4) is 5.75 Å². The van der Waals surface area contributed by atoms with E-state index in [4.69, 9.17) is 10.5 Å². The molecule has 1 rings (SSSR count). The third kappa shape index (κ3) is 3.33. The standard InChI is InChI=1S/C10H13N3O4/c1-6(10(11)14)12-7-3-8(13(15)16)5-9(4-7)17-2/h3-6,12H,1-2H3,(H2,11,14). The summed E-state index contributed by atoms with van der Waals surface area (Å²) in [5, 5.41) is 13.4. The first-order chi connectivity index (χ1) is 7.93. The Balaban J connectivity index is 3.02. The number of ether oxygens (including phenoxy) is 1. The number of nitrogens with one attached hydrogen (secondary N) is 1. The van der Waals surface area contributed by atoms with Gasteiger partial charge in [-0.1, -0.05) is 0 Å². The number of benzene rings is 1.